The van der Waals surface area contributed by atoms with Crippen LogP contribution in [0.15, 0.2) is 24.3 Å². The Labute approximate surface area is 104 Å². The number of nitrogens with one attached hydrogen (secondary N) is 1. The lowest BCUT2D eigenvalue weighted by Crippen LogP contribution is -2.41. The summed E-state index contributed by atoms with van der Waals surface area (Å²) < 4.78 is 0. The van der Waals surface area contributed by atoms with Crippen molar-refractivity contribution in [1.82, 2.24) is 4.90 Å². The molecule has 17 heavy (non-hydrogen) atoms. The van der Waals surface area contributed by atoms with Crippen molar-refractivity contribution >= 4 is 11.4 Å². The summed E-state index contributed by atoms with van der Waals surface area (Å²) in [7, 11) is 6.37. The lowest BCUT2D eigenvalue weighted by Gasteiger charge is -2.36. The SMILES string of the molecule is CNc1ccc(N(C)C2CCN(C)CC2)cc1. The number of rotatable bonds is 3. The quantitative estimate of drug-likeness (QED) is 0.864. The number of nitrogens with zero attached hydrogens (tertiary/aromatic N) is 2. The average molecular weight is 233 g/mol. The highest BCUT2D eigenvalue weighted by molar-refractivity contribution is 5.55. The Morgan fingerprint density at radius 3 is 2.29 bits per heavy atom. The van der Waals surface area contributed by atoms with Crippen molar-refractivity contribution in [2.75, 3.05) is 44.4 Å². The molecule has 1 aromatic carbocycles. The first-order valence-electron chi connectivity index (χ1n) is 6.40. The van der Waals surface area contributed by atoms with Crippen molar-refractivity contribution in [3.63, 3.8) is 0 Å². The van der Waals surface area contributed by atoms with Crippen LogP contribution in [0.25, 0.3) is 0 Å². The summed E-state index contributed by atoms with van der Waals surface area (Å²) in [5.74, 6) is 0. The summed E-state index contributed by atoms with van der Waals surface area (Å²) >= 11 is 0. The standard InChI is InChI=1S/C14H23N3/c1-15-12-4-6-13(7-5-12)17(3)14-8-10-16(2)11-9-14/h4-7,14-15H,8-11H2,1-3H3. The molecule has 1 aromatic rings. The van der Waals surface area contributed by atoms with E-state index < -0.39 is 0 Å². The fourth-order valence-electron chi connectivity index (χ4n) is 2.46. The van der Waals surface area contributed by atoms with E-state index in [-0.39, 0.29) is 0 Å². The largest absolute Gasteiger partial charge is 0.388 e. The first kappa shape index (κ1) is 12.2. The molecule has 0 saturated carbocycles. The second kappa shape index (κ2) is 5.41. The summed E-state index contributed by atoms with van der Waals surface area (Å²) in [5.41, 5.74) is 2.49. The molecule has 0 radical (unpaired) electrons. The zero-order valence-corrected chi connectivity index (χ0v) is 11.1. The molecule has 0 aliphatic carbocycles. The molecule has 0 unspecified atom stereocenters. The maximum absolute atomic E-state index is 3.15. The molecule has 1 fully saturated rings. The molecule has 0 amide bonds. The van der Waals surface area contributed by atoms with Crippen LogP contribution in [0, 0.1) is 0 Å². The van der Waals surface area contributed by atoms with E-state index in [9.17, 15) is 0 Å². The first-order valence-corrected chi connectivity index (χ1v) is 6.40. The van der Waals surface area contributed by atoms with Gasteiger partial charge in [-0.05, 0) is 57.2 Å². The molecule has 0 aromatic heterocycles. The van der Waals surface area contributed by atoms with Crippen molar-refractivity contribution in [2.45, 2.75) is 18.9 Å². The maximum atomic E-state index is 3.15. The molecule has 1 N–H and O–H groups in total. The number of benzene rings is 1. The van der Waals surface area contributed by atoms with Crippen LogP contribution in [0.4, 0.5) is 11.4 Å². The highest BCUT2D eigenvalue weighted by atomic mass is 15.2. The van der Waals surface area contributed by atoms with Crippen molar-refractivity contribution in [2.24, 2.45) is 0 Å². The summed E-state index contributed by atoms with van der Waals surface area (Å²) in [5, 5.41) is 3.15. The smallest absolute Gasteiger partial charge is 0.0367 e. The highest BCUT2D eigenvalue weighted by Crippen LogP contribution is 2.23. The Balaban J connectivity index is 2.00. The van der Waals surface area contributed by atoms with Gasteiger partial charge in [-0.2, -0.15) is 0 Å². The van der Waals surface area contributed by atoms with Gasteiger partial charge in [0.1, 0.15) is 0 Å². The van der Waals surface area contributed by atoms with Gasteiger partial charge in [-0.3, -0.25) is 0 Å². The van der Waals surface area contributed by atoms with E-state index in [4.69, 9.17) is 0 Å². The van der Waals surface area contributed by atoms with Crippen LogP contribution < -0.4 is 10.2 Å². The normalized spacial score (nSPS) is 18.1. The summed E-state index contributed by atoms with van der Waals surface area (Å²) in [6.07, 6.45) is 2.53. The molecule has 1 aliphatic heterocycles. The lowest BCUT2D eigenvalue weighted by molar-refractivity contribution is 0.253. The van der Waals surface area contributed by atoms with Crippen LogP contribution in [0.1, 0.15) is 12.8 Å². The monoisotopic (exact) mass is 233 g/mol. The molecule has 3 nitrogen and oxygen atoms in total. The van der Waals surface area contributed by atoms with Crippen LogP contribution in [-0.4, -0.2) is 45.2 Å². The Morgan fingerprint density at radius 1 is 1.18 bits per heavy atom. The van der Waals surface area contributed by atoms with E-state index in [1.54, 1.807) is 0 Å². The second-order valence-electron chi connectivity index (χ2n) is 4.94. The highest BCUT2D eigenvalue weighted by Gasteiger charge is 2.20. The molecule has 1 aliphatic rings. The molecule has 0 bridgehead atoms. The van der Waals surface area contributed by atoms with Crippen molar-refractivity contribution < 1.29 is 0 Å². The third-order valence-electron chi connectivity index (χ3n) is 3.80. The molecule has 0 atom stereocenters. The molecule has 1 saturated heterocycles. The van der Waals surface area contributed by atoms with E-state index in [1.807, 2.05) is 7.05 Å². The topological polar surface area (TPSA) is 18.5 Å². The van der Waals surface area contributed by atoms with E-state index in [0.717, 1.165) is 0 Å². The van der Waals surface area contributed by atoms with Gasteiger partial charge in [0.25, 0.3) is 0 Å². The summed E-state index contributed by atoms with van der Waals surface area (Å²) in [6.45, 7) is 2.42. The van der Waals surface area contributed by atoms with Crippen LogP contribution in [0.2, 0.25) is 0 Å². The van der Waals surface area contributed by atoms with E-state index in [2.05, 4.69) is 53.5 Å². The third kappa shape index (κ3) is 2.91. The minimum absolute atomic E-state index is 0.687. The first-order chi connectivity index (χ1) is 8.20. The Bertz CT molecular complexity index is 339. The van der Waals surface area contributed by atoms with Crippen molar-refractivity contribution in [1.29, 1.82) is 0 Å². The minimum atomic E-state index is 0.687. The van der Waals surface area contributed by atoms with E-state index >= 15 is 0 Å². The van der Waals surface area contributed by atoms with Gasteiger partial charge in [0, 0.05) is 31.5 Å². The molecule has 94 valence electrons. The van der Waals surface area contributed by atoms with Gasteiger partial charge in [-0.25, -0.2) is 0 Å². The fraction of sp³-hybridized carbons (Fsp3) is 0.571. The van der Waals surface area contributed by atoms with Gasteiger partial charge in [0.2, 0.25) is 0 Å². The predicted molar refractivity (Wildman–Crippen MR) is 74.9 cm³/mol. The number of likely N-dealkylation sites (tertiary alicyclic amines) is 1. The van der Waals surface area contributed by atoms with Gasteiger partial charge < -0.3 is 15.1 Å². The average Bonchev–Trinajstić information content (AvgIpc) is 2.39. The minimum Gasteiger partial charge on any atom is -0.388 e. The second-order valence-corrected chi connectivity index (χ2v) is 4.94. The summed E-state index contributed by atoms with van der Waals surface area (Å²) in [4.78, 5) is 4.83. The van der Waals surface area contributed by atoms with E-state index in [1.165, 1.54) is 37.3 Å². The Kier molecular flexibility index (Phi) is 3.89. The summed E-state index contributed by atoms with van der Waals surface area (Å²) in [6, 6.07) is 9.36. The lowest BCUT2D eigenvalue weighted by atomic mass is 10.0. The molecular weight excluding hydrogens is 210 g/mol. The zero-order chi connectivity index (χ0) is 12.3. The molecule has 3 heteroatoms. The van der Waals surface area contributed by atoms with Crippen LogP contribution in [0.5, 0.6) is 0 Å². The third-order valence-corrected chi connectivity index (χ3v) is 3.80. The van der Waals surface area contributed by atoms with Crippen LogP contribution in [-0.2, 0) is 0 Å². The number of hydrogen-bond donors (Lipinski definition) is 1. The Hall–Kier alpha value is -1.22. The molecule has 2 rings (SSSR count). The number of anilines is 2. The molecule has 1 heterocycles. The molecular formula is C14H23N3. The van der Waals surface area contributed by atoms with Crippen LogP contribution in [0.3, 0.4) is 0 Å². The Morgan fingerprint density at radius 2 is 1.76 bits per heavy atom. The van der Waals surface area contributed by atoms with Gasteiger partial charge in [0.05, 0.1) is 0 Å². The van der Waals surface area contributed by atoms with Gasteiger partial charge >= 0.3 is 0 Å². The predicted octanol–water partition coefficient (Wildman–Crippen LogP) is 2.26. The van der Waals surface area contributed by atoms with Gasteiger partial charge in [-0.15, -0.1) is 0 Å². The van der Waals surface area contributed by atoms with Crippen LogP contribution >= 0.6 is 0 Å². The number of piperidine rings is 1. The zero-order valence-electron chi connectivity index (χ0n) is 11.1. The molecule has 0 spiro atoms. The van der Waals surface area contributed by atoms with E-state index in [0.29, 0.717) is 6.04 Å². The maximum Gasteiger partial charge on any atom is 0.0367 e. The number of hydrogen-bond acceptors (Lipinski definition) is 3. The fourth-order valence-corrected chi connectivity index (χ4v) is 2.46. The van der Waals surface area contributed by atoms with Gasteiger partial charge in [-0.1, -0.05) is 0 Å². The van der Waals surface area contributed by atoms with Gasteiger partial charge in [0.15, 0.2) is 0 Å². The van der Waals surface area contributed by atoms with Crippen molar-refractivity contribution in [3.8, 4) is 0 Å². The van der Waals surface area contributed by atoms with Crippen molar-refractivity contribution in [3.05, 3.63) is 24.3 Å².